The number of aliphatic hydroxyl groups is 1. The summed E-state index contributed by atoms with van der Waals surface area (Å²) >= 11 is 0. The lowest BCUT2D eigenvalue weighted by Crippen LogP contribution is -2.42. The van der Waals surface area contributed by atoms with Crippen molar-refractivity contribution in [3.63, 3.8) is 0 Å². The van der Waals surface area contributed by atoms with E-state index < -0.39 is 50.2 Å². The highest BCUT2D eigenvalue weighted by Crippen LogP contribution is 2.45. The number of halogens is 2. The molecule has 1 aromatic rings. The number of alkyl halides is 2. The Morgan fingerprint density at radius 2 is 2.10 bits per heavy atom. The van der Waals surface area contributed by atoms with Crippen LogP contribution in [-0.2, 0) is 18.6 Å². The molecule has 0 saturated carbocycles. The zero-order valence-corrected chi connectivity index (χ0v) is 18.9. The molecule has 31 heavy (non-hydrogen) atoms. The summed E-state index contributed by atoms with van der Waals surface area (Å²) in [6.07, 6.45) is -4.67. The number of carbonyl (C=O) groups excluding carboxylic acids is 1. The average Bonchev–Trinajstić information content (AvgIpc) is 2.88. The first-order valence-corrected chi connectivity index (χ1v) is 11.9. The number of hydrogen-bond acceptors (Lipinski definition) is 8. The van der Waals surface area contributed by atoms with Crippen molar-refractivity contribution >= 4 is 19.1 Å². The van der Waals surface area contributed by atoms with Crippen LogP contribution in [0.15, 0.2) is 17.1 Å². The number of anilines is 1. The minimum absolute atomic E-state index is 0.0241. The molecule has 1 aromatic heterocycles. The van der Waals surface area contributed by atoms with Crippen LogP contribution in [0.2, 0.25) is 0 Å². The molecule has 2 unspecified atom stereocenters. The van der Waals surface area contributed by atoms with E-state index in [2.05, 4.69) is 15.4 Å². The van der Waals surface area contributed by atoms with E-state index in [0.717, 1.165) is 6.20 Å². The normalized spacial score (nSPS) is 25.9. The van der Waals surface area contributed by atoms with Crippen LogP contribution in [0.5, 0.6) is 0 Å². The lowest BCUT2D eigenvalue weighted by molar-refractivity contribution is -0.140. The van der Waals surface area contributed by atoms with Gasteiger partial charge in [0.2, 0.25) is 6.23 Å². The molecule has 5 atom stereocenters. The fourth-order valence-electron chi connectivity index (χ4n) is 3.06. The second-order valence-electron chi connectivity index (χ2n) is 7.76. The number of rotatable bonds is 10. The summed E-state index contributed by atoms with van der Waals surface area (Å²) in [5.41, 5.74) is -0.987. The molecule has 1 aliphatic rings. The number of hydrogen-bond donors (Lipinski definition) is 3. The Morgan fingerprint density at radius 3 is 2.65 bits per heavy atom. The highest BCUT2D eigenvalue weighted by molar-refractivity contribution is 7.56. The van der Waals surface area contributed by atoms with E-state index in [1.165, 1.54) is 19.7 Å². The number of aliphatic hydroxyl groups excluding tert-OH is 1. The van der Waals surface area contributed by atoms with Gasteiger partial charge in [0, 0.05) is 25.3 Å². The Labute approximate surface area is 178 Å². The highest BCUT2D eigenvalue weighted by atomic mass is 31.2. The SMILES string of the molecule is CCC(=O)[C@H](C)NP(C)(=O)OC[C@H]1OC(n2ccc(NC(C)C)nc2=O)C(F)(F)[C@@H]1O. The summed E-state index contributed by atoms with van der Waals surface area (Å²) in [5, 5.41) is 15.5. The number of Topliss-reactive ketones (excluding diaryl/α,β-unsaturated/α-hetero) is 1. The van der Waals surface area contributed by atoms with Crippen LogP contribution >= 0.6 is 7.52 Å². The van der Waals surface area contributed by atoms with Crippen LogP contribution in [0.4, 0.5) is 14.6 Å². The number of nitrogens with one attached hydrogen (secondary N) is 2. The van der Waals surface area contributed by atoms with E-state index in [4.69, 9.17) is 9.26 Å². The second kappa shape index (κ2) is 9.83. The third-order valence-corrected chi connectivity index (χ3v) is 6.14. The molecule has 0 bridgehead atoms. The Bertz CT molecular complexity index is 896. The summed E-state index contributed by atoms with van der Waals surface area (Å²) in [4.78, 5) is 27.6. The molecule has 0 radical (unpaired) electrons. The van der Waals surface area contributed by atoms with Crippen molar-refractivity contribution in [2.24, 2.45) is 0 Å². The summed E-state index contributed by atoms with van der Waals surface area (Å²) < 4.78 is 52.8. The molecule has 1 aliphatic heterocycles. The van der Waals surface area contributed by atoms with Crippen molar-refractivity contribution in [1.29, 1.82) is 0 Å². The Kier molecular flexibility index (Phi) is 8.10. The van der Waals surface area contributed by atoms with Gasteiger partial charge in [-0.1, -0.05) is 6.92 Å². The number of nitrogens with zero attached hydrogens (tertiary/aromatic N) is 2. The number of ether oxygens (including phenoxy) is 1. The van der Waals surface area contributed by atoms with Crippen LogP contribution < -0.4 is 16.1 Å². The summed E-state index contributed by atoms with van der Waals surface area (Å²) in [7, 11) is -3.55. The Balaban J connectivity index is 2.12. The second-order valence-corrected chi connectivity index (χ2v) is 9.97. The summed E-state index contributed by atoms with van der Waals surface area (Å²) in [6.45, 7) is 7.35. The number of carbonyl (C=O) groups is 1. The monoisotopic (exact) mass is 466 g/mol. The van der Waals surface area contributed by atoms with Crippen molar-refractivity contribution in [2.75, 3.05) is 18.6 Å². The van der Waals surface area contributed by atoms with Crippen LogP contribution in [0.3, 0.4) is 0 Å². The molecule has 2 heterocycles. The molecule has 13 heteroatoms. The number of ketones is 1. The van der Waals surface area contributed by atoms with E-state index in [9.17, 15) is 28.0 Å². The van der Waals surface area contributed by atoms with Gasteiger partial charge in [-0.3, -0.25) is 13.9 Å². The zero-order valence-electron chi connectivity index (χ0n) is 18.0. The van der Waals surface area contributed by atoms with Gasteiger partial charge in [-0.05, 0) is 26.8 Å². The maximum Gasteiger partial charge on any atom is 0.351 e. The third kappa shape index (κ3) is 6.17. The zero-order chi connectivity index (χ0) is 23.6. The maximum absolute atomic E-state index is 14.6. The summed E-state index contributed by atoms with van der Waals surface area (Å²) in [5.74, 6) is -3.81. The summed E-state index contributed by atoms with van der Waals surface area (Å²) in [6, 6.07) is 0.559. The predicted molar refractivity (Wildman–Crippen MR) is 109 cm³/mol. The van der Waals surface area contributed by atoms with Crippen molar-refractivity contribution in [1.82, 2.24) is 14.6 Å². The van der Waals surface area contributed by atoms with E-state index in [1.54, 1.807) is 6.92 Å². The topological polar surface area (TPSA) is 132 Å². The standard InChI is InChI=1S/C18H29F2N4O6P/c1-6-12(25)11(4)23-31(5,28)29-9-13-15(26)18(19,20)16(30-13)24-8-7-14(21-10(2)3)22-17(24)27/h7-8,10-11,13,15-16,26H,6,9H2,1-5H3,(H,23,28)(H,21,22,27)/t11-,13+,15+,16?,31?/m0/s1. The lowest BCUT2D eigenvalue weighted by Gasteiger charge is -2.22. The molecule has 0 spiro atoms. The minimum Gasteiger partial charge on any atom is -0.384 e. The highest BCUT2D eigenvalue weighted by Gasteiger charge is 2.60. The molecule has 1 saturated heterocycles. The van der Waals surface area contributed by atoms with Crippen molar-refractivity contribution < 1.29 is 32.5 Å². The van der Waals surface area contributed by atoms with Gasteiger partial charge in [0.25, 0.3) is 7.52 Å². The lowest BCUT2D eigenvalue weighted by atomic mass is 10.1. The van der Waals surface area contributed by atoms with Gasteiger partial charge in [-0.2, -0.15) is 13.8 Å². The van der Waals surface area contributed by atoms with Crippen molar-refractivity contribution in [3.05, 3.63) is 22.7 Å². The van der Waals surface area contributed by atoms with Gasteiger partial charge in [-0.15, -0.1) is 0 Å². The largest absolute Gasteiger partial charge is 0.384 e. The molecule has 0 aliphatic carbocycles. The molecule has 2 rings (SSSR count). The van der Waals surface area contributed by atoms with Crippen molar-refractivity contribution in [3.8, 4) is 0 Å². The molecule has 0 aromatic carbocycles. The van der Waals surface area contributed by atoms with Gasteiger partial charge < -0.3 is 19.7 Å². The van der Waals surface area contributed by atoms with E-state index >= 15 is 0 Å². The van der Waals surface area contributed by atoms with E-state index in [-0.39, 0.29) is 24.1 Å². The first kappa shape index (κ1) is 25.5. The minimum atomic E-state index is -3.83. The van der Waals surface area contributed by atoms with Gasteiger partial charge in [0.1, 0.15) is 17.7 Å². The van der Waals surface area contributed by atoms with Gasteiger partial charge in [0.15, 0.2) is 6.10 Å². The molecule has 176 valence electrons. The Hall–Kier alpha value is -1.72. The van der Waals surface area contributed by atoms with E-state index in [1.807, 2.05) is 13.8 Å². The van der Waals surface area contributed by atoms with Crippen LogP contribution in [0.1, 0.15) is 40.3 Å². The first-order valence-electron chi connectivity index (χ1n) is 9.88. The molecule has 10 nitrogen and oxygen atoms in total. The molecule has 0 amide bonds. The van der Waals surface area contributed by atoms with Gasteiger partial charge in [0.05, 0.1) is 12.6 Å². The van der Waals surface area contributed by atoms with E-state index in [0.29, 0.717) is 4.57 Å². The van der Waals surface area contributed by atoms with Crippen LogP contribution in [-0.4, -0.2) is 63.9 Å². The average molecular weight is 466 g/mol. The number of aromatic nitrogens is 2. The maximum atomic E-state index is 14.6. The van der Waals surface area contributed by atoms with Gasteiger partial charge >= 0.3 is 11.6 Å². The fourth-order valence-corrected chi connectivity index (χ4v) is 4.41. The first-order chi connectivity index (χ1) is 14.3. The quantitative estimate of drug-likeness (QED) is 0.441. The third-order valence-electron chi connectivity index (χ3n) is 4.64. The molecular weight excluding hydrogens is 437 g/mol. The van der Waals surface area contributed by atoms with Gasteiger partial charge in [-0.25, -0.2) is 9.88 Å². The van der Waals surface area contributed by atoms with Crippen molar-refractivity contribution in [2.45, 2.75) is 70.6 Å². The smallest absolute Gasteiger partial charge is 0.351 e. The molecule has 1 fully saturated rings. The fraction of sp³-hybridized carbons (Fsp3) is 0.722. The van der Waals surface area contributed by atoms with Crippen LogP contribution in [0.25, 0.3) is 0 Å². The molecule has 3 N–H and O–H groups in total. The molecular formula is C18H29F2N4O6P. The predicted octanol–water partition coefficient (Wildman–Crippen LogP) is 1.75. The van der Waals surface area contributed by atoms with Crippen LogP contribution in [0, 0.1) is 0 Å². The Morgan fingerprint density at radius 1 is 1.45 bits per heavy atom.